The lowest BCUT2D eigenvalue weighted by Gasteiger charge is -2.36. The van der Waals surface area contributed by atoms with Crippen LogP contribution in [0.25, 0.3) is 4.96 Å². The Kier molecular flexibility index (Phi) is 6.26. The van der Waals surface area contributed by atoms with E-state index in [-0.39, 0.29) is 23.8 Å². The van der Waals surface area contributed by atoms with Crippen molar-refractivity contribution in [1.29, 1.82) is 0 Å². The van der Waals surface area contributed by atoms with E-state index >= 15 is 0 Å². The van der Waals surface area contributed by atoms with Crippen LogP contribution in [0.4, 0.5) is 0 Å². The molecule has 0 unspecified atom stereocenters. The molecule has 4 rings (SSSR count). The van der Waals surface area contributed by atoms with Crippen molar-refractivity contribution >= 4 is 33.9 Å². The van der Waals surface area contributed by atoms with E-state index in [1.54, 1.807) is 0 Å². The maximum Gasteiger partial charge on any atom is 0.309 e. The number of fused-ring (bicyclic) bond motifs is 1. The van der Waals surface area contributed by atoms with Gasteiger partial charge in [-0.2, -0.15) is 4.52 Å². The van der Waals surface area contributed by atoms with E-state index in [9.17, 15) is 9.90 Å². The van der Waals surface area contributed by atoms with Crippen LogP contribution in [0.3, 0.4) is 0 Å². The van der Waals surface area contributed by atoms with E-state index in [1.807, 2.05) is 38.1 Å². The molecule has 9 heteroatoms. The zero-order valence-corrected chi connectivity index (χ0v) is 18.6. The number of rotatable bonds is 6. The van der Waals surface area contributed by atoms with Gasteiger partial charge < -0.3 is 9.84 Å². The quantitative estimate of drug-likeness (QED) is 0.572. The van der Waals surface area contributed by atoms with E-state index in [4.69, 9.17) is 16.3 Å². The third-order valence-corrected chi connectivity index (χ3v) is 6.94. The average molecular weight is 449 g/mol. The molecule has 0 amide bonds. The minimum absolute atomic E-state index is 0.0869. The third-order valence-electron chi connectivity index (χ3n) is 5.52. The number of likely N-dealkylation sites (tertiary alicyclic amines) is 1. The minimum atomic E-state index is -0.236. The van der Waals surface area contributed by atoms with Gasteiger partial charge in [0.1, 0.15) is 0 Å². The molecule has 30 heavy (non-hydrogen) atoms. The van der Waals surface area contributed by atoms with Gasteiger partial charge in [-0.15, -0.1) is 5.10 Å². The Hall–Kier alpha value is -2.16. The lowest BCUT2D eigenvalue weighted by atomic mass is 9.93. The number of benzene rings is 1. The Morgan fingerprint density at radius 3 is 2.70 bits per heavy atom. The lowest BCUT2D eigenvalue weighted by molar-refractivity contribution is -0.149. The first-order valence-corrected chi connectivity index (χ1v) is 11.4. The molecule has 1 aromatic carbocycles. The van der Waals surface area contributed by atoms with Gasteiger partial charge in [-0.05, 0) is 44.5 Å². The van der Waals surface area contributed by atoms with Crippen molar-refractivity contribution in [2.45, 2.75) is 39.2 Å². The summed E-state index contributed by atoms with van der Waals surface area (Å²) in [5.41, 5.74) is 0.921. The molecule has 0 aliphatic carbocycles. The summed E-state index contributed by atoms with van der Waals surface area (Å²) in [6, 6.07) is 7.45. The molecule has 0 saturated carbocycles. The van der Waals surface area contributed by atoms with Gasteiger partial charge >= 0.3 is 5.97 Å². The van der Waals surface area contributed by atoms with Gasteiger partial charge in [-0.3, -0.25) is 9.69 Å². The van der Waals surface area contributed by atoms with Crippen LogP contribution in [0.15, 0.2) is 24.3 Å². The number of hydrogen-bond acceptors (Lipinski definition) is 7. The molecule has 1 saturated heterocycles. The highest BCUT2D eigenvalue weighted by molar-refractivity contribution is 7.17. The predicted octanol–water partition coefficient (Wildman–Crippen LogP) is 4.08. The smallest absolute Gasteiger partial charge is 0.309 e. The zero-order chi connectivity index (χ0) is 21.3. The monoisotopic (exact) mass is 448 g/mol. The topological polar surface area (TPSA) is 80.0 Å². The van der Waals surface area contributed by atoms with Crippen LogP contribution in [0, 0.1) is 5.92 Å². The standard InChI is InChI=1S/C21H25ClN4O3S/c1-3-16-23-21-26(24-16)19(27)18(30-21)17(14-7-5-6-8-15(14)22)25-11-9-13(10-12-25)20(28)29-4-2/h5-8,13,17,27H,3-4,9-12H2,1-2H3/t17-/m1/s1. The van der Waals surface area contributed by atoms with E-state index in [0.717, 1.165) is 10.4 Å². The number of esters is 1. The first kappa shape index (κ1) is 21.1. The number of halogens is 1. The molecule has 0 bridgehead atoms. The maximum atomic E-state index is 12.1. The molecule has 2 aromatic heterocycles. The van der Waals surface area contributed by atoms with Crippen molar-refractivity contribution in [3.05, 3.63) is 45.6 Å². The second-order valence-electron chi connectivity index (χ2n) is 7.35. The molecule has 160 valence electrons. The summed E-state index contributed by atoms with van der Waals surface area (Å²) in [7, 11) is 0. The number of aryl methyl sites for hydroxylation is 1. The molecule has 1 fully saturated rings. The van der Waals surface area contributed by atoms with Gasteiger partial charge in [-0.1, -0.05) is 48.1 Å². The molecular formula is C21H25ClN4O3S. The van der Waals surface area contributed by atoms with Crippen LogP contribution < -0.4 is 0 Å². The first-order valence-electron chi connectivity index (χ1n) is 10.3. The van der Waals surface area contributed by atoms with Crippen LogP contribution in [0.5, 0.6) is 5.88 Å². The van der Waals surface area contributed by atoms with Crippen LogP contribution in [0.2, 0.25) is 5.02 Å². The Morgan fingerprint density at radius 2 is 2.07 bits per heavy atom. The Morgan fingerprint density at radius 1 is 1.33 bits per heavy atom. The normalized spacial score (nSPS) is 16.8. The first-order chi connectivity index (χ1) is 14.5. The second-order valence-corrected chi connectivity index (χ2v) is 8.77. The summed E-state index contributed by atoms with van der Waals surface area (Å²) in [6.45, 7) is 5.61. The molecular weight excluding hydrogens is 424 g/mol. The summed E-state index contributed by atoms with van der Waals surface area (Å²) >= 11 is 7.99. The fourth-order valence-electron chi connectivity index (χ4n) is 3.97. The third kappa shape index (κ3) is 3.91. The average Bonchev–Trinajstić information content (AvgIpc) is 3.29. The number of carbonyl (C=O) groups excluding carboxylic acids is 1. The van der Waals surface area contributed by atoms with Crippen molar-refractivity contribution < 1.29 is 14.6 Å². The Labute approximate surface area is 184 Å². The molecule has 1 aliphatic rings. The fourth-order valence-corrected chi connectivity index (χ4v) is 5.34. The Balaban J connectivity index is 1.69. The SMILES string of the molecule is CCOC(=O)C1CCN([C@H](c2ccccc2Cl)c2sc3nc(CC)nn3c2O)CC1. The molecule has 7 nitrogen and oxygen atoms in total. The number of thiazole rings is 1. The molecule has 1 atom stereocenters. The number of aromatic hydroxyl groups is 1. The summed E-state index contributed by atoms with van der Waals surface area (Å²) in [5.74, 6) is 0.587. The summed E-state index contributed by atoms with van der Waals surface area (Å²) in [4.78, 5) is 20.3. The highest BCUT2D eigenvalue weighted by atomic mass is 35.5. The van der Waals surface area contributed by atoms with E-state index in [1.165, 1.54) is 15.9 Å². The Bertz CT molecular complexity index is 1040. The van der Waals surface area contributed by atoms with Crippen molar-refractivity contribution in [1.82, 2.24) is 19.5 Å². The van der Waals surface area contributed by atoms with Gasteiger partial charge in [-0.25, -0.2) is 4.98 Å². The molecule has 0 radical (unpaired) electrons. The summed E-state index contributed by atoms with van der Waals surface area (Å²) < 4.78 is 6.71. The number of ether oxygens (including phenoxy) is 1. The van der Waals surface area contributed by atoms with E-state index < -0.39 is 0 Å². The number of piperidine rings is 1. The number of hydrogen-bond donors (Lipinski definition) is 1. The van der Waals surface area contributed by atoms with Crippen LogP contribution in [0.1, 0.15) is 49.0 Å². The summed E-state index contributed by atoms with van der Waals surface area (Å²) in [6.07, 6.45) is 2.13. The molecule has 0 spiro atoms. The number of nitrogens with zero attached hydrogens (tertiary/aromatic N) is 4. The minimum Gasteiger partial charge on any atom is -0.492 e. The highest BCUT2D eigenvalue weighted by Crippen LogP contribution is 2.43. The van der Waals surface area contributed by atoms with Gasteiger partial charge in [0.05, 0.1) is 23.4 Å². The zero-order valence-electron chi connectivity index (χ0n) is 17.0. The second kappa shape index (κ2) is 8.91. The van der Waals surface area contributed by atoms with Crippen LogP contribution in [-0.2, 0) is 16.0 Å². The highest BCUT2D eigenvalue weighted by Gasteiger charge is 2.35. The van der Waals surface area contributed by atoms with Gasteiger partial charge in [0, 0.05) is 11.4 Å². The van der Waals surface area contributed by atoms with E-state index in [0.29, 0.717) is 54.8 Å². The lowest BCUT2D eigenvalue weighted by Crippen LogP contribution is -2.39. The van der Waals surface area contributed by atoms with Gasteiger partial charge in [0.15, 0.2) is 5.82 Å². The molecule has 3 heterocycles. The van der Waals surface area contributed by atoms with Gasteiger partial charge in [0.2, 0.25) is 10.8 Å². The molecule has 1 N–H and O–H groups in total. The number of aromatic nitrogens is 3. The summed E-state index contributed by atoms with van der Waals surface area (Å²) in [5, 5.41) is 16.0. The van der Waals surface area contributed by atoms with Gasteiger partial charge in [0.25, 0.3) is 0 Å². The van der Waals surface area contributed by atoms with Crippen molar-refractivity contribution in [3.8, 4) is 5.88 Å². The fraction of sp³-hybridized carbons (Fsp3) is 0.476. The van der Waals surface area contributed by atoms with Crippen molar-refractivity contribution in [2.75, 3.05) is 19.7 Å². The van der Waals surface area contributed by atoms with Crippen molar-refractivity contribution in [2.24, 2.45) is 5.92 Å². The predicted molar refractivity (Wildman–Crippen MR) is 116 cm³/mol. The van der Waals surface area contributed by atoms with Crippen LogP contribution in [-0.4, -0.2) is 50.3 Å². The van der Waals surface area contributed by atoms with E-state index in [2.05, 4.69) is 15.0 Å². The largest absolute Gasteiger partial charge is 0.492 e. The van der Waals surface area contributed by atoms with Crippen molar-refractivity contribution in [3.63, 3.8) is 0 Å². The maximum absolute atomic E-state index is 12.1. The number of carbonyl (C=O) groups is 1. The molecule has 1 aliphatic heterocycles. The van der Waals surface area contributed by atoms with Crippen LogP contribution >= 0.6 is 22.9 Å². The molecule has 3 aromatic rings.